The van der Waals surface area contributed by atoms with Crippen molar-refractivity contribution in [1.29, 1.82) is 0 Å². The maximum atomic E-state index is 13.7. The normalized spacial score (nSPS) is 15.8. The van der Waals surface area contributed by atoms with Crippen molar-refractivity contribution in [3.8, 4) is 11.3 Å². The fraction of sp³-hybridized carbons (Fsp3) is 0.150. The summed E-state index contributed by atoms with van der Waals surface area (Å²) in [6.45, 7) is 1.56. The molecular weight excluding hydrogens is 330 g/mol. The van der Waals surface area contributed by atoms with Crippen LogP contribution in [-0.4, -0.2) is 4.98 Å². The van der Waals surface area contributed by atoms with E-state index in [2.05, 4.69) is 4.98 Å². The van der Waals surface area contributed by atoms with Crippen LogP contribution in [0.2, 0.25) is 0 Å². The van der Waals surface area contributed by atoms with Gasteiger partial charge in [0.25, 0.3) is 0 Å². The molecule has 0 saturated carbocycles. The van der Waals surface area contributed by atoms with Gasteiger partial charge in [-0.2, -0.15) is 13.2 Å². The number of benzene rings is 2. The van der Waals surface area contributed by atoms with E-state index in [0.29, 0.717) is 22.5 Å². The molecule has 1 heterocycles. The lowest BCUT2D eigenvalue weighted by molar-refractivity contribution is -0.138. The third-order valence-corrected chi connectivity index (χ3v) is 4.51. The van der Waals surface area contributed by atoms with Crippen LogP contribution in [0.4, 0.5) is 17.6 Å². The smallest absolute Gasteiger partial charge is 0.253 e. The SMILES string of the molecule is Cc1cc(C(F)(F)F)c2c(n1)-c1ccccc1C2c1ccc(F)cc1. The molecule has 5 heteroatoms. The molecule has 3 aromatic rings. The molecule has 2 aromatic carbocycles. The molecule has 1 aromatic heterocycles. The Morgan fingerprint density at radius 3 is 2.32 bits per heavy atom. The lowest BCUT2D eigenvalue weighted by Gasteiger charge is -2.19. The first-order valence-electron chi connectivity index (χ1n) is 7.80. The van der Waals surface area contributed by atoms with Crippen LogP contribution in [0.3, 0.4) is 0 Å². The Hall–Kier alpha value is -2.69. The summed E-state index contributed by atoms with van der Waals surface area (Å²) >= 11 is 0. The lowest BCUT2D eigenvalue weighted by atomic mass is 9.87. The molecular formula is C20H13F4N. The Morgan fingerprint density at radius 2 is 1.64 bits per heavy atom. The van der Waals surface area contributed by atoms with Crippen LogP contribution < -0.4 is 0 Å². The summed E-state index contributed by atoms with van der Waals surface area (Å²) in [4.78, 5) is 4.39. The van der Waals surface area contributed by atoms with E-state index in [1.54, 1.807) is 31.2 Å². The van der Waals surface area contributed by atoms with Crippen molar-refractivity contribution in [3.05, 3.63) is 88.4 Å². The number of fused-ring (bicyclic) bond motifs is 3. The molecule has 1 unspecified atom stereocenters. The average molecular weight is 343 g/mol. The lowest BCUT2D eigenvalue weighted by Crippen LogP contribution is -2.13. The van der Waals surface area contributed by atoms with E-state index in [1.165, 1.54) is 24.3 Å². The van der Waals surface area contributed by atoms with Crippen molar-refractivity contribution >= 4 is 0 Å². The van der Waals surface area contributed by atoms with Gasteiger partial charge in [0.15, 0.2) is 0 Å². The first-order valence-corrected chi connectivity index (χ1v) is 7.80. The van der Waals surface area contributed by atoms with Gasteiger partial charge >= 0.3 is 6.18 Å². The Morgan fingerprint density at radius 1 is 0.960 bits per heavy atom. The number of alkyl halides is 3. The maximum absolute atomic E-state index is 13.7. The third-order valence-electron chi connectivity index (χ3n) is 4.51. The van der Waals surface area contributed by atoms with Crippen LogP contribution in [0.1, 0.15) is 33.9 Å². The molecule has 1 aliphatic carbocycles. The summed E-state index contributed by atoms with van der Waals surface area (Å²) in [5, 5.41) is 0. The molecule has 126 valence electrons. The second-order valence-corrected chi connectivity index (χ2v) is 6.14. The van der Waals surface area contributed by atoms with Crippen molar-refractivity contribution in [1.82, 2.24) is 4.98 Å². The summed E-state index contributed by atoms with van der Waals surface area (Å²) in [5.74, 6) is -1.04. The Kier molecular flexibility index (Phi) is 3.42. The molecule has 0 amide bonds. The molecule has 0 saturated heterocycles. The summed E-state index contributed by atoms with van der Waals surface area (Å²) in [5.41, 5.74) is 2.21. The van der Waals surface area contributed by atoms with Gasteiger partial charge < -0.3 is 0 Å². The van der Waals surface area contributed by atoms with Gasteiger partial charge in [0, 0.05) is 22.7 Å². The van der Waals surface area contributed by atoms with E-state index in [0.717, 1.165) is 11.6 Å². The first-order chi connectivity index (χ1) is 11.9. The summed E-state index contributed by atoms with van der Waals surface area (Å²) < 4.78 is 54.4. The highest BCUT2D eigenvalue weighted by Gasteiger charge is 2.42. The van der Waals surface area contributed by atoms with Crippen LogP contribution in [0.25, 0.3) is 11.3 Å². The van der Waals surface area contributed by atoms with E-state index >= 15 is 0 Å². The van der Waals surface area contributed by atoms with E-state index in [4.69, 9.17) is 0 Å². The second-order valence-electron chi connectivity index (χ2n) is 6.14. The van der Waals surface area contributed by atoms with Crippen LogP contribution in [0.5, 0.6) is 0 Å². The molecule has 1 aliphatic rings. The topological polar surface area (TPSA) is 12.9 Å². The molecule has 0 bridgehead atoms. The minimum absolute atomic E-state index is 0.144. The summed E-state index contributed by atoms with van der Waals surface area (Å²) in [7, 11) is 0. The molecule has 1 atom stereocenters. The predicted octanol–water partition coefficient (Wildman–Crippen LogP) is 5.71. The molecule has 0 N–H and O–H groups in total. The zero-order chi connectivity index (χ0) is 17.8. The van der Waals surface area contributed by atoms with Crippen LogP contribution in [0.15, 0.2) is 54.6 Å². The van der Waals surface area contributed by atoms with Gasteiger partial charge in [-0.1, -0.05) is 36.4 Å². The second kappa shape index (κ2) is 5.41. The zero-order valence-corrected chi connectivity index (χ0v) is 13.2. The number of nitrogens with zero attached hydrogens (tertiary/aromatic N) is 1. The quantitative estimate of drug-likeness (QED) is 0.404. The monoisotopic (exact) mass is 343 g/mol. The van der Waals surface area contributed by atoms with Crippen molar-refractivity contribution < 1.29 is 17.6 Å². The van der Waals surface area contributed by atoms with Gasteiger partial charge in [0.05, 0.1) is 11.3 Å². The number of aromatic nitrogens is 1. The number of hydrogen-bond donors (Lipinski definition) is 0. The maximum Gasteiger partial charge on any atom is 0.416 e. The van der Waals surface area contributed by atoms with Gasteiger partial charge in [-0.25, -0.2) is 4.39 Å². The number of rotatable bonds is 1. The highest BCUT2D eigenvalue weighted by Crippen LogP contribution is 2.51. The highest BCUT2D eigenvalue weighted by atomic mass is 19.4. The van der Waals surface area contributed by atoms with Crippen molar-refractivity contribution in [2.24, 2.45) is 0 Å². The Balaban J connectivity index is 2.06. The Bertz CT molecular complexity index is 958. The van der Waals surface area contributed by atoms with E-state index in [1.807, 2.05) is 0 Å². The Labute approximate surface area is 142 Å². The fourth-order valence-corrected chi connectivity index (χ4v) is 3.54. The fourth-order valence-electron chi connectivity index (χ4n) is 3.54. The van der Waals surface area contributed by atoms with E-state index in [9.17, 15) is 17.6 Å². The predicted molar refractivity (Wildman–Crippen MR) is 86.8 cm³/mol. The summed E-state index contributed by atoms with van der Waals surface area (Å²) in [6, 6.07) is 13.9. The minimum Gasteiger partial charge on any atom is -0.253 e. The molecule has 25 heavy (non-hydrogen) atoms. The van der Waals surface area contributed by atoms with E-state index in [-0.39, 0.29) is 5.56 Å². The number of hydrogen-bond acceptors (Lipinski definition) is 1. The molecule has 4 rings (SSSR count). The van der Waals surface area contributed by atoms with Crippen LogP contribution in [0, 0.1) is 12.7 Å². The van der Waals surface area contributed by atoms with Crippen LogP contribution >= 0.6 is 0 Å². The summed E-state index contributed by atoms with van der Waals surface area (Å²) in [6.07, 6.45) is -4.49. The average Bonchev–Trinajstić information content (AvgIpc) is 2.88. The van der Waals surface area contributed by atoms with Gasteiger partial charge in [-0.3, -0.25) is 4.98 Å². The first kappa shape index (κ1) is 15.8. The highest BCUT2D eigenvalue weighted by molar-refractivity contribution is 5.79. The largest absolute Gasteiger partial charge is 0.416 e. The van der Waals surface area contributed by atoms with Gasteiger partial charge in [0.1, 0.15) is 5.82 Å². The molecule has 0 spiro atoms. The van der Waals surface area contributed by atoms with Crippen LogP contribution in [-0.2, 0) is 6.18 Å². The van der Waals surface area contributed by atoms with Crippen molar-refractivity contribution in [2.45, 2.75) is 19.0 Å². The minimum atomic E-state index is -4.49. The molecule has 0 radical (unpaired) electrons. The molecule has 0 aliphatic heterocycles. The van der Waals surface area contributed by atoms with Crippen molar-refractivity contribution in [2.75, 3.05) is 0 Å². The third kappa shape index (κ3) is 2.51. The number of pyridine rings is 1. The zero-order valence-electron chi connectivity index (χ0n) is 13.2. The van der Waals surface area contributed by atoms with Gasteiger partial charge in [-0.15, -0.1) is 0 Å². The van der Waals surface area contributed by atoms with Gasteiger partial charge in [-0.05, 0) is 36.2 Å². The van der Waals surface area contributed by atoms with E-state index < -0.39 is 23.5 Å². The number of aryl methyl sites for hydroxylation is 1. The molecule has 1 nitrogen and oxygen atoms in total. The number of halogens is 4. The van der Waals surface area contributed by atoms with Crippen molar-refractivity contribution in [3.63, 3.8) is 0 Å². The standard InChI is InChI=1S/C20H13F4N/c1-11-10-16(20(22,23)24)18-17(12-6-8-13(21)9-7-12)14-4-2-3-5-15(14)19(18)25-11/h2-10,17H,1H3. The molecule has 0 fully saturated rings. The van der Waals surface area contributed by atoms with Gasteiger partial charge in [0.2, 0.25) is 0 Å².